The minimum Gasteiger partial charge on any atom is -0.370 e. The van der Waals surface area contributed by atoms with Crippen molar-refractivity contribution in [2.75, 3.05) is 17.3 Å². The number of hydrogen-bond donors (Lipinski definition) is 3. The van der Waals surface area contributed by atoms with Crippen LogP contribution in [0, 0.1) is 6.92 Å². The zero-order chi connectivity index (χ0) is 16.0. The molecule has 1 rings (SSSR count). The van der Waals surface area contributed by atoms with E-state index in [-0.39, 0.29) is 12.3 Å². The average Bonchev–Trinajstić information content (AvgIpc) is 2.38. The number of anilines is 2. The number of aromatic nitrogens is 2. The van der Waals surface area contributed by atoms with Crippen molar-refractivity contribution in [3.63, 3.8) is 0 Å². The number of nitrogen functional groups attached to an aromatic ring is 1. The van der Waals surface area contributed by atoms with Crippen LogP contribution in [0.5, 0.6) is 0 Å². The van der Waals surface area contributed by atoms with Gasteiger partial charge in [-0.2, -0.15) is 13.2 Å². The number of nitrogens with two attached hydrogens (primary N) is 1. The van der Waals surface area contributed by atoms with E-state index in [4.69, 9.17) is 5.84 Å². The Bertz CT molecular complexity index is 460. The Hall–Kier alpha value is -1.57. The Morgan fingerprint density at radius 1 is 1.14 bits per heavy atom. The molecule has 0 amide bonds. The number of hydrogen-bond acceptors (Lipinski definition) is 5. The molecule has 0 aliphatic carbocycles. The normalized spacial score (nSPS) is 11.8. The predicted molar refractivity (Wildman–Crippen MR) is 77.1 cm³/mol. The number of hydrazine groups is 1. The smallest absolute Gasteiger partial charge is 0.370 e. The first kappa shape index (κ1) is 17.5. The van der Waals surface area contributed by atoms with Crippen molar-refractivity contribution in [3.05, 3.63) is 11.4 Å². The molecule has 0 saturated carbocycles. The molecule has 0 aliphatic heterocycles. The van der Waals surface area contributed by atoms with Crippen LogP contribution in [0.25, 0.3) is 0 Å². The lowest BCUT2D eigenvalue weighted by atomic mass is 10.2. The van der Waals surface area contributed by atoms with Crippen LogP contribution >= 0.6 is 0 Å². The fourth-order valence-electron chi connectivity index (χ4n) is 1.76. The minimum atomic E-state index is -4.09. The van der Waals surface area contributed by atoms with Crippen LogP contribution in [0.2, 0.25) is 0 Å². The molecule has 120 valence electrons. The average molecular weight is 305 g/mol. The van der Waals surface area contributed by atoms with E-state index in [1.807, 2.05) is 13.8 Å². The van der Waals surface area contributed by atoms with E-state index in [9.17, 15) is 13.2 Å². The van der Waals surface area contributed by atoms with Gasteiger partial charge in [0.25, 0.3) is 0 Å². The van der Waals surface area contributed by atoms with E-state index in [1.165, 1.54) is 0 Å². The number of alkyl halides is 3. The Labute approximate surface area is 122 Å². The van der Waals surface area contributed by atoms with Gasteiger partial charge in [0, 0.05) is 24.4 Å². The summed E-state index contributed by atoms with van der Waals surface area (Å²) >= 11 is 0. The van der Waals surface area contributed by atoms with Crippen LogP contribution < -0.4 is 16.6 Å². The maximum Gasteiger partial charge on any atom is 0.389 e. The van der Waals surface area contributed by atoms with Gasteiger partial charge >= 0.3 is 6.18 Å². The van der Waals surface area contributed by atoms with Gasteiger partial charge in [0.05, 0.1) is 0 Å². The molecule has 21 heavy (non-hydrogen) atoms. The fraction of sp³-hybridized carbons (Fsp3) is 0.692. The second kappa shape index (κ2) is 7.44. The van der Waals surface area contributed by atoms with Crippen LogP contribution in [0.4, 0.5) is 24.8 Å². The van der Waals surface area contributed by atoms with Crippen molar-refractivity contribution in [2.24, 2.45) is 5.84 Å². The second-order valence-electron chi connectivity index (χ2n) is 5.20. The number of nitrogens with one attached hydrogen (secondary N) is 2. The summed E-state index contributed by atoms with van der Waals surface area (Å²) < 4.78 is 36.1. The summed E-state index contributed by atoms with van der Waals surface area (Å²) in [5.41, 5.74) is 3.26. The summed E-state index contributed by atoms with van der Waals surface area (Å²) in [6, 6.07) is 0. The van der Waals surface area contributed by atoms with Crippen molar-refractivity contribution >= 4 is 11.6 Å². The Balaban J connectivity index is 2.63. The third-order valence-electron chi connectivity index (χ3n) is 3.00. The van der Waals surface area contributed by atoms with E-state index in [2.05, 4.69) is 20.7 Å². The van der Waals surface area contributed by atoms with E-state index < -0.39 is 12.6 Å². The molecule has 1 aromatic rings. The zero-order valence-electron chi connectivity index (χ0n) is 12.5. The van der Waals surface area contributed by atoms with E-state index in [0.29, 0.717) is 30.4 Å². The lowest BCUT2D eigenvalue weighted by molar-refractivity contribution is -0.135. The van der Waals surface area contributed by atoms with E-state index in [0.717, 1.165) is 5.56 Å². The molecule has 0 radical (unpaired) electrons. The van der Waals surface area contributed by atoms with Crippen LogP contribution in [-0.2, 0) is 0 Å². The van der Waals surface area contributed by atoms with Gasteiger partial charge in [0.2, 0.25) is 0 Å². The third kappa shape index (κ3) is 5.74. The highest BCUT2D eigenvalue weighted by Crippen LogP contribution is 2.24. The van der Waals surface area contributed by atoms with Gasteiger partial charge in [-0.1, -0.05) is 13.8 Å². The molecule has 0 saturated heterocycles. The first-order chi connectivity index (χ1) is 9.74. The molecule has 0 unspecified atom stereocenters. The van der Waals surface area contributed by atoms with Crippen LogP contribution in [-0.4, -0.2) is 22.7 Å². The Morgan fingerprint density at radius 3 is 2.29 bits per heavy atom. The summed E-state index contributed by atoms with van der Waals surface area (Å²) in [6.45, 7) is 6.14. The molecule has 0 atom stereocenters. The lowest BCUT2D eigenvalue weighted by Crippen LogP contribution is -2.16. The SMILES string of the molecule is Cc1c(NN)nc(C(C)C)nc1NCCCCC(F)(F)F. The quantitative estimate of drug-likeness (QED) is 0.409. The number of unbranched alkanes of at least 4 members (excludes halogenated alkanes) is 1. The Morgan fingerprint density at radius 2 is 1.76 bits per heavy atom. The number of nitrogens with zero attached hydrogens (tertiary/aromatic N) is 2. The molecule has 0 aromatic carbocycles. The summed E-state index contributed by atoms with van der Waals surface area (Å²) in [5.74, 6) is 7.30. The molecule has 0 bridgehead atoms. The van der Waals surface area contributed by atoms with Crippen molar-refractivity contribution in [2.45, 2.75) is 52.1 Å². The molecule has 0 fully saturated rings. The van der Waals surface area contributed by atoms with Gasteiger partial charge < -0.3 is 10.7 Å². The molecule has 8 heteroatoms. The fourth-order valence-corrected chi connectivity index (χ4v) is 1.76. The zero-order valence-corrected chi connectivity index (χ0v) is 12.5. The van der Waals surface area contributed by atoms with Gasteiger partial charge in [-0.25, -0.2) is 15.8 Å². The van der Waals surface area contributed by atoms with Gasteiger partial charge in [-0.05, 0) is 19.8 Å². The van der Waals surface area contributed by atoms with Crippen LogP contribution in [0.15, 0.2) is 0 Å². The lowest BCUT2D eigenvalue weighted by Gasteiger charge is -2.15. The molecule has 0 spiro atoms. The molecular formula is C13H22F3N5. The highest BCUT2D eigenvalue weighted by atomic mass is 19.4. The van der Waals surface area contributed by atoms with Crippen molar-refractivity contribution in [1.29, 1.82) is 0 Å². The first-order valence-electron chi connectivity index (χ1n) is 6.90. The molecule has 4 N–H and O–H groups in total. The minimum absolute atomic E-state index is 0.0969. The van der Waals surface area contributed by atoms with Gasteiger partial charge in [-0.3, -0.25) is 0 Å². The largest absolute Gasteiger partial charge is 0.389 e. The van der Waals surface area contributed by atoms with Gasteiger partial charge in [0.15, 0.2) is 0 Å². The molecule has 0 aliphatic rings. The van der Waals surface area contributed by atoms with Crippen LogP contribution in [0.1, 0.15) is 50.4 Å². The van der Waals surface area contributed by atoms with Crippen molar-refractivity contribution < 1.29 is 13.2 Å². The highest BCUT2D eigenvalue weighted by molar-refractivity contribution is 5.56. The van der Waals surface area contributed by atoms with Crippen LogP contribution in [0.3, 0.4) is 0 Å². The predicted octanol–water partition coefficient (Wildman–Crippen LogP) is 3.34. The molecule has 1 heterocycles. The van der Waals surface area contributed by atoms with Gasteiger partial charge in [0.1, 0.15) is 17.5 Å². The van der Waals surface area contributed by atoms with Crippen molar-refractivity contribution in [1.82, 2.24) is 9.97 Å². The molecule has 5 nitrogen and oxygen atoms in total. The van der Waals surface area contributed by atoms with Gasteiger partial charge in [-0.15, -0.1) is 0 Å². The summed E-state index contributed by atoms with van der Waals surface area (Å²) in [6.07, 6.45) is -4.33. The maximum absolute atomic E-state index is 12.0. The monoisotopic (exact) mass is 305 g/mol. The first-order valence-corrected chi connectivity index (χ1v) is 6.90. The Kier molecular flexibility index (Phi) is 6.19. The second-order valence-corrected chi connectivity index (χ2v) is 5.20. The molecule has 1 aromatic heterocycles. The highest BCUT2D eigenvalue weighted by Gasteiger charge is 2.25. The van der Waals surface area contributed by atoms with E-state index >= 15 is 0 Å². The van der Waals surface area contributed by atoms with E-state index in [1.54, 1.807) is 6.92 Å². The summed E-state index contributed by atoms with van der Waals surface area (Å²) in [7, 11) is 0. The summed E-state index contributed by atoms with van der Waals surface area (Å²) in [5, 5.41) is 3.06. The number of halogens is 3. The summed E-state index contributed by atoms with van der Waals surface area (Å²) in [4.78, 5) is 8.68. The standard InChI is InChI=1S/C13H22F3N5/c1-8(2)10-19-11(9(3)12(20-10)21-17)18-7-5-4-6-13(14,15)16/h8H,4-7,17H2,1-3H3,(H2,18,19,20,21). The third-order valence-corrected chi connectivity index (χ3v) is 3.00. The number of rotatable bonds is 7. The topological polar surface area (TPSA) is 75.9 Å². The maximum atomic E-state index is 12.0. The van der Waals surface area contributed by atoms with Crippen molar-refractivity contribution in [3.8, 4) is 0 Å². The molecular weight excluding hydrogens is 283 g/mol.